The lowest BCUT2D eigenvalue weighted by molar-refractivity contribution is -0.138. The standard InChI is InChI=1S/C15H22N2O4/c1-20-13-5-12(6-14(7-13)21-2)17-8-10(4-15(18)19)3-11(16)9-17/h5-7,10-11H,3-4,8-9,16H2,1-2H3,(H,18,19). The van der Waals surface area contributed by atoms with Crippen molar-refractivity contribution in [2.45, 2.75) is 18.9 Å². The Labute approximate surface area is 124 Å². The van der Waals surface area contributed by atoms with E-state index in [1.165, 1.54) is 0 Å². The molecule has 0 aromatic heterocycles. The molecule has 0 radical (unpaired) electrons. The smallest absolute Gasteiger partial charge is 0.303 e. The van der Waals surface area contributed by atoms with Crippen LogP contribution in [0.3, 0.4) is 0 Å². The molecule has 21 heavy (non-hydrogen) atoms. The van der Waals surface area contributed by atoms with Gasteiger partial charge in [0.15, 0.2) is 0 Å². The summed E-state index contributed by atoms with van der Waals surface area (Å²) in [5.74, 6) is 0.692. The largest absolute Gasteiger partial charge is 0.497 e. The van der Waals surface area contributed by atoms with Gasteiger partial charge >= 0.3 is 5.97 Å². The second-order valence-corrected chi connectivity index (χ2v) is 5.44. The fraction of sp³-hybridized carbons (Fsp3) is 0.533. The zero-order chi connectivity index (χ0) is 15.4. The van der Waals surface area contributed by atoms with Crippen LogP contribution in [0.4, 0.5) is 5.69 Å². The number of aliphatic carboxylic acids is 1. The molecule has 1 heterocycles. The minimum absolute atomic E-state index is 0.0275. The third-order valence-corrected chi connectivity index (χ3v) is 3.73. The zero-order valence-corrected chi connectivity index (χ0v) is 12.4. The highest BCUT2D eigenvalue weighted by Crippen LogP contribution is 2.31. The number of ether oxygens (including phenoxy) is 2. The van der Waals surface area contributed by atoms with Gasteiger partial charge in [0.05, 0.1) is 14.2 Å². The number of hydrogen-bond donors (Lipinski definition) is 2. The van der Waals surface area contributed by atoms with E-state index >= 15 is 0 Å². The Kier molecular flexibility index (Phi) is 4.90. The summed E-state index contributed by atoms with van der Waals surface area (Å²) in [5.41, 5.74) is 7.01. The molecule has 0 amide bonds. The molecule has 1 aromatic rings. The van der Waals surface area contributed by atoms with E-state index in [9.17, 15) is 4.79 Å². The first-order chi connectivity index (χ1) is 10.0. The van der Waals surface area contributed by atoms with Crippen molar-refractivity contribution in [1.29, 1.82) is 0 Å². The Bertz CT molecular complexity index is 484. The van der Waals surface area contributed by atoms with Crippen molar-refractivity contribution in [2.24, 2.45) is 11.7 Å². The molecule has 116 valence electrons. The Hall–Kier alpha value is -1.95. The van der Waals surface area contributed by atoms with Crippen molar-refractivity contribution in [3.05, 3.63) is 18.2 Å². The highest BCUT2D eigenvalue weighted by molar-refractivity contribution is 5.67. The topological polar surface area (TPSA) is 85.0 Å². The molecule has 1 fully saturated rings. The summed E-state index contributed by atoms with van der Waals surface area (Å²) in [5, 5.41) is 8.97. The van der Waals surface area contributed by atoms with Crippen LogP contribution in [0.15, 0.2) is 18.2 Å². The van der Waals surface area contributed by atoms with Crippen molar-refractivity contribution >= 4 is 11.7 Å². The van der Waals surface area contributed by atoms with Crippen LogP contribution in [0.5, 0.6) is 11.5 Å². The van der Waals surface area contributed by atoms with Crippen LogP contribution in [0.2, 0.25) is 0 Å². The number of hydrogen-bond acceptors (Lipinski definition) is 5. The number of carboxylic acids is 1. The van der Waals surface area contributed by atoms with Crippen molar-refractivity contribution in [1.82, 2.24) is 0 Å². The quantitative estimate of drug-likeness (QED) is 0.852. The Morgan fingerprint density at radius 1 is 1.29 bits per heavy atom. The van der Waals surface area contributed by atoms with Crippen molar-refractivity contribution < 1.29 is 19.4 Å². The first-order valence-corrected chi connectivity index (χ1v) is 6.97. The molecule has 6 heteroatoms. The summed E-state index contributed by atoms with van der Waals surface area (Å²) in [7, 11) is 3.21. The molecule has 0 bridgehead atoms. The van der Waals surface area contributed by atoms with Crippen LogP contribution in [0.1, 0.15) is 12.8 Å². The van der Waals surface area contributed by atoms with E-state index in [2.05, 4.69) is 4.90 Å². The second kappa shape index (κ2) is 6.67. The van der Waals surface area contributed by atoms with Crippen molar-refractivity contribution in [3.8, 4) is 11.5 Å². The van der Waals surface area contributed by atoms with E-state index in [-0.39, 0.29) is 18.4 Å². The van der Waals surface area contributed by atoms with Crippen molar-refractivity contribution in [2.75, 3.05) is 32.2 Å². The van der Waals surface area contributed by atoms with Gasteiger partial charge in [-0.05, 0) is 12.3 Å². The summed E-state index contributed by atoms with van der Waals surface area (Å²) in [6, 6.07) is 5.61. The molecule has 2 unspecified atom stereocenters. The van der Waals surface area contributed by atoms with E-state index in [4.69, 9.17) is 20.3 Å². The number of methoxy groups -OCH3 is 2. The van der Waals surface area contributed by atoms with Gasteiger partial charge in [0.2, 0.25) is 0 Å². The molecule has 0 saturated carbocycles. The van der Waals surface area contributed by atoms with Crippen LogP contribution in [-0.4, -0.2) is 44.4 Å². The van der Waals surface area contributed by atoms with E-state index < -0.39 is 5.97 Å². The molecule has 1 aromatic carbocycles. The maximum Gasteiger partial charge on any atom is 0.303 e. The van der Waals surface area contributed by atoms with Gasteiger partial charge in [-0.2, -0.15) is 0 Å². The molecule has 1 aliphatic heterocycles. The van der Waals surface area contributed by atoms with Gasteiger partial charge in [-0.1, -0.05) is 0 Å². The predicted octanol–water partition coefficient (Wildman–Crippen LogP) is 1.33. The van der Waals surface area contributed by atoms with Crippen LogP contribution in [0, 0.1) is 5.92 Å². The van der Waals surface area contributed by atoms with Gasteiger partial charge < -0.3 is 25.2 Å². The monoisotopic (exact) mass is 294 g/mol. The maximum absolute atomic E-state index is 10.9. The number of benzene rings is 1. The molecule has 0 spiro atoms. The fourth-order valence-electron chi connectivity index (χ4n) is 2.83. The molecule has 2 atom stereocenters. The third kappa shape index (κ3) is 4.01. The average Bonchev–Trinajstić information content (AvgIpc) is 2.45. The Morgan fingerprint density at radius 2 is 1.90 bits per heavy atom. The zero-order valence-electron chi connectivity index (χ0n) is 12.4. The highest BCUT2D eigenvalue weighted by atomic mass is 16.5. The van der Waals surface area contributed by atoms with Crippen LogP contribution in [-0.2, 0) is 4.79 Å². The van der Waals surface area contributed by atoms with Gasteiger partial charge in [0.1, 0.15) is 11.5 Å². The summed E-state index contributed by atoms with van der Waals surface area (Å²) < 4.78 is 10.5. The lowest BCUT2D eigenvalue weighted by Crippen LogP contribution is -2.47. The number of nitrogens with two attached hydrogens (primary N) is 1. The average molecular weight is 294 g/mol. The number of nitrogens with zero attached hydrogens (tertiary/aromatic N) is 1. The molecule has 2 rings (SSSR count). The SMILES string of the molecule is COc1cc(OC)cc(N2CC(N)CC(CC(=O)O)C2)c1. The number of carboxylic acid groups (broad SMARTS) is 1. The molecule has 0 aliphatic carbocycles. The predicted molar refractivity (Wildman–Crippen MR) is 80.1 cm³/mol. The summed E-state index contributed by atoms with van der Waals surface area (Å²) in [6.45, 7) is 1.38. The Morgan fingerprint density at radius 3 is 2.43 bits per heavy atom. The van der Waals surface area contributed by atoms with Crippen LogP contribution in [0.25, 0.3) is 0 Å². The normalized spacial score (nSPS) is 22.0. The lowest BCUT2D eigenvalue weighted by atomic mass is 9.91. The summed E-state index contributed by atoms with van der Waals surface area (Å²) in [6.07, 6.45) is 0.884. The fourth-order valence-corrected chi connectivity index (χ4v) is 2.83. The Balaban J connectivity index is 2.21. The minimum Gasteiger partial charge on any atom is -0.497 e. The van der Waals surface area contributed by atoms with E-state index in [0.717, 1.165) is 12.1 Å². The van der Waals surface area contributed by atoms with Gasteiger partial charge in [-0.25, -0.2) is 0 Å². The maximum atomic E-state index is 10.9. The minimum atomic E-state index is -0.780. The van der Waals surface area contributed by atoms with Gasteiger partial charge in [0.25, 0.3) is 0 Å². The number of anilines is 1. The molecule has 1 saturated heterocycles. The molecule has 1 aliphatic rings. The molecular formula is C15H22N2O4. The highest BCUT2D eigenvalue weighted by Gasteiger charge is 2.27. The van der Waals surface area contributed by atoms with Crippen LogP contribution >= 0.6 is 0 Å². The van der Waals surface area contributed by atoms with Crippen LogP contribution < -0.4 is 20.1 Å². The van der Waals surface area contributed by atoms with Crippen molar-refractivity contribution in [3.63, 3.8) is 0 Å². The first kappa shape index (κ1) is 15.4. The number of piperidine rings is 1. The van der Waals surface area contributed by atoms with Gasteiger partial charge in [-0.15, -0.1) is 0 Å². The first-order valence-electron chi connectivity index (χ1n) is 6.97. The number of rotatable bonds is 5. The van der Waals surface area contributed by atoms with Gasteiger partial charge in [-0.3, -0.25) is 4.79 Å². The van der Waals surface area contributed by atoms with E-state index in [1.54, 1.807) is 14.2 Å². The van der Waals surface area contributed by atoms with E-state index in [0.29, 0.717) is 24.6 Å². The molecule has 3 N–H and O–H groups in total. The summed E-state index contributed by atoms with van der Waals surface area (Å²) >= 11 is 0. The molecular weight excluding hydrogens is 272 g/mol. The summed E-state index contributed by atoms with van der Waals surface area (Å²) in [4.78, 5) is 13.0. The van der Waals surface area contributed by atoms with Gasteiger partial charge in [0, 0.05) is 49.4 Å². The lowest BCUT2D eigenvalue weighted by Gasteiger charge is -2.37. The second-order valence-electron chi connectivity index (χ2n) is 5.44. The number of carbonyl (C=O) groups is 1. The third-order valence-electron chi connectivity index (χ3n) is 3.73. The molecule has 6 nitrogen and oxygen atoms in total. The van der Waals surface area contributed by atoms with E-state index in [1.807, 2.05) is 18.2 Å².